The van der Waals surface area contributed by atoms with Crippen molar-refractivity contribution in [3.63, 3.8) is 0 Å². The molecule has 1 atom stereocenters. The van der Waals surface area contributed by atoms with Crippen LogP contribution >= 0.6 is 11.8 Å². The number of rotatable bonds is 5. The maximum absolute atomic E-state index is 10.6. The fraction of sp³-hybridized carbons (Fsp3) is 0.300. The van der Waals surface area contributed by atoms with E-state index in [1.807, 2.05) is 30.3 Å². The van der Waals surface area contributed by atoms with Crippen LogP contribution in [-0.4, -0.2) is 17.7 Å². The lowest BCUT2D eigenvalue weighted by molar-refractivity contribution is -0.118. The van der Waals surface area contributed by atoms with Gasteiger partial charge in [0.25, 0.3) is 0 Å². The SMILES string of the molecule is NC(=O)[C@H](N)CSCc1ccccc1. The van der Waals surface area contributed by atoms with E-state index in [2.05, 4.69) is 0 Å². The molecule has 1 rings (SSSR count). The van der Waals surface area contributed by atoms with Gasteiger partial charge in [0.05, 0.1) is 6.04 Å². The second-order valence-electron chi connectivity index (χ2n) is 3.01. The van der Waals surface area contributed by atoms with Gasteiger partial charge in [-0.2, -0.15) is 11.8 Å². The van der Waals surface area contributed by atoms with Gasteiger partial charge in [0.15, 0.2) is 0 Å². The molecule has 4 N–H and O–H groups in total. The molecular weight excluding hydrogens is 196 g/mol. The van der Waals surface area contributed by atoms with E-state index in [4.69, 9.17) is 11.5 Å². The van der Waals surface area contributed by atoms with Crippen molar-refractivity contribution in [3.05, 3.63) is 35.9 Å². The van der Waals surface area contributed by atoms with Gasteiger partial charge in [0.1, 0.15) is 0 Å². The molecule has 0 heterocycles. The van der Waals surface area contributed by atoms with E-state index in [0.29, 0.717) is 5.75 Å². The Morgan fingerprint density at radius 2 is 2.00 bits per heavy atom. The van der Waals surface area contributed by atoms with Crippen molar-refractivity contribution in [1.29, 1.82) is 0 Å². The molecule has 0 unspecified atom stereocenters. The zero-order valence-electron chi connectivity index (χ0n) is 7.85. The minimum atomic E-state index is -0.538. The summed E-state index contributed by atoms with van der Waals surface area (Å²) in [5.74, 6) is 0.997. The van der Waals surface area contributed by atoms with E-state index in [1.54, 1.807) is 11.8 Å². The van der Waals surface area contributed by atoms with Gasteiger partial charge in [-0.05, 0) is 5.56 Å². The smallest absolute Gasteiger partial charge is 0.235 e. The molecule has 1 aromatic carbocycles. The predicted molar refractivity (Wildman–Crippen MR) is 59.8 cm³/mol. The molecule has 4 heteroatoms. The maximum Gasteiger partial charge on any atom is 0.235 e. The Hall–Kier alpha value is -1.00. The Morgan fingerprint density at radius 3 is 2.57 bits per heavy atom. The van der Waals surface area contributed by atoms with E-state index in [1.165, 1.54) is 5.56 Å². The highest BCUT2D eigenvalue weighted by Crippen LogP contribution is 2.11. The largest absolute Gasteiger partial charge is 0.368 e. The summed E-state index contributed by atoms with van der Waals surface area (Å²) in [7, 11) is 0. The predicted octanol–water partition coefficient (Wildman–Crippen LogP) is 0.732. The van der Waals surface area contributed by atoms with Crippen LogP contribution in [0.2, 0.25) is 0 Å². The van der Waals surface area contributed by atoms with Crippen molar-refractivity contribution >= 4 is 17.7 Å². The summed E-state index contributed by atoms with van der Waals surface area (Å²) in [5, 5.41) is 0. The van der Waals surface area contributed by atoms with Crippen LogP contribution < -0.4 is 11.5 Å². The highest BCUT2D eigenvalue weighted by molar-refractivity contribution is 7.98. The molecule has 0 aliphatic carbocycles. The molecular formula is C10H14N2OS. The number of hydrogen-bond acceptors (Lipinski definition) is 3. The first-order valence-electron chi connectivity index (χ1n) is 4.36. The van der Waals surface area contributed by atoms with Gasteiger partial charge in [-0.1, -0.05) is 30.3 Å². The first-order chi connectivity index (χ1) is 6.70. The molecule has 1 aromatic rings. The van der Waals surface area contributed by atoms with Crippen LogP contribution in [0.4, 0.5) is 0 Å². The van der Waals surface area contributed by atoms with Crippen LogP contribution in [0.1, 0.15) is 5.56 Å². The molecule has 14 heavy (non-hydrogen) atoms. The van der Waals surface area contributed by atoms with Crippen LogP contribution in [0.15, 0.2) is 30.3 Å². The van der Waals surface area contributed by atoms with Gasteiger partial charge in [-0.25, -0.2) is 0 Å². The monoisotopic (exact) mass is 210 g/mol. The molecule has 0 radical (unpaired) electrons. The Kier molecular flexibility index (Phi) is 4.49. The zero-order valence-corrected chi connectivity index (χ0v) is 8.67. The third-order valence-electron chi connectivity index (χ3n) is 1.77. The van der Waals surface area contributed by atoms with E-state index in [-0.39, 0.29) is 0 Å². The van der Waals surface area contributed by atoms with Crippen molar-refractivity contribution < 1.29 is 4.79 Å². The summed E-state index contributed by atoms with van der Waals surface area (Å²) in [6.07, 6.45) is 0. The van der Waals surface area contributed by atoms with Gasteiger partial charge in [-0.3, -0.25) is 4.79 Å². The van der Waals surface area contributed by atoms with E-state index < -0.39 is 11.9 Å². The number of thioether (sulfide) groups is 1. The molecule has 0 aliphatic heterocycles. The lowest BCUT2D eigenvalue weighted by Gasteiger charge is -2.06. The Labute approximate surface area is 87.9 Å². The van der Waals surface area contributed by atoms with E-state index in [0.717, 1.165) is 5.75 Å². The number of amides is 1. The van der Waals surface area contributed by atoms with Crippen molar-refractivity contribution in [3.8, 4) is 0 Å². The number of hydrogen-bond donors (Lipinski definition) is 2. The second-order valence-corrected chi connectivity index (χ2v) is 4.04. The maximum atomic E-state index is 10.6. The van der Waals surface area contributed by atoms with Gasteiger partial charge < -0.3 is 11.5 Å². The summed E-state index contributed by atoms with van der Waals surface area (Å²) in [5.41, 5.74) is 11.8. The molecule has 1 amide bonds. The van der Waals surface area contributed by atoms with Crippen molar-refractivity contribution in [2.75, 3.05) is 5.75 Å². The Balaban J connectivity index is 2.26. The van der Waals surface area contributed by atoms with E-state index in [9.17, 15) is 4.79 Å². The van der Waals surface area contributed by atoms with Gasteiger partial charge in [0.2, 0.25) is 5.91 Å². The molecule has 0 saturated carbocycles. The normalized spacial score (nSPS) is 12.4. The number of carbonyl (C=O) groups excluding carboxylic acids is 1. The average molecular weight is 210 g/mol. The second kappa shape index (κ2) is 5.67. The van der Waals surface area contributed by atoms with Crippen LogP contribution in [0, 0.1) is 0 Å². The summed E-state index contributed by atoms with van der Waals surface area (Å²) in [6.45, 7) is 0. The molecule has 0 spiro atoms. The average Bonchev–Trinajstić information content (AvgIpc) is 2.19. The van der Waals surface area contributed by atoms with Gasteiger partial charge >= 0.3 is 0 Å². The first-order valence-corrected chi connectivity index (χ1v) is 5.52. The fourth-order valence-electron chi connectivity index (χ4n) is 0.960. The molecule has 0 fully saturated rings. The minimum Gasteiger partial charge on any atom is -0.368 e. The van der Waals surface area contributed by atoms with E-state index >= 15 is 0 Å². The zero-order chi connectivity index (χ0) is 10.4. The van der Waals surface area contributed by atoms with Crippen LogP contribution in [0.5, 0.6) is 0 Å². The van der Waals surface area contributed by atoms with Crippen molar-refractivity contribution in [1.82, 2.24) is 0 Å². The van der Waals surface area contributed by atoms with Crippen LogP contribution in [0.3, 0.4) is 0 Å². The highest BCUT2D eigenvalue weighted by Gasteiger charge is 2.08. The quantitative estimate of drug-likeness (QED) is 0.753. The highest BCUT2D eigenvalue weighted by atomic mass is 32.2. The standard InChI is InChI=1S/C10H14N2OS/c11-9(10(12)13)7-14-6-8-4-2-1-3-5-8/h1-5,9H,6-7,11H2,(H2,12,13)/t9-/m1/s1. The molecule has 0 aliphatic rings. The summed E-state index contributed by atoms with van der Waals surface area (Å²) >= 11 is 1.62. The Morgan fingerprint density at radius 1 is 1.36 bits per heavy atom. The number of nitrogens with two attached hydrogens (primary N) is 2. The van der Waals surface area contributed by atoms with Crippen LogP contribution in [-0.2, 0) is 10.5 Å². The summed E-state index contributed by atoms with van der Waals surface area (Å²) in [4.78, 5) is 10.6. The molecule has 0 bridgehead atoms. The fourth-order valence-corrected chi connectivity index (χ4v) is 1.92. The minimum absolute atomic E-state index is 0.439. The van der Waals surface area contributed by atoms with Crippen LogP contribution in [0.25, 0.3) is 0 Å². The lowest BCUT2D eigenvalue weighted by atomic mass is 10.2. The number of benzene rings is 1. The summed E-state index contributed by atoms with van der Waals surface area (Å²) < 4.78 is 0. The van der Waals surface area contributed by atoms with Crippen molar-refractivity contribution in [2.45, 2.75) is 11.8 Å². The van der Waals surface area contributed by atoms with Gasteiger partial charge in [-0.15, -0.1) is 0 Å². The lowest BCUT2D eigenvalue weighted by Crippen LogP contribution is -2.38. The summed E-state index contributed by atoms with van der Waals surface area (Å²) in [6, 6.07) is 9.51. The first kappa shape index (κ1) is 11.1. The third-order valence-corrected chi connectivity index (χ3v) is 2.91. The number of primary amides is 1. The van der Waals surface area contributed by atoms with Gasteiger partial charge in [0, 0.05) is 11.5 Å². The van der Waals surface area contributed by atoms with Crippen molar-refractivity contribution in [2.24, 2.45) is 11.5 Å². The Bertz CT molecular complexity index is 289. The topological polar surface area (TPSA) is 69.1 Å². The molecule has 0 saturated heterocycles. The molecule has 3 nitrogen and oxygen atoms in total. The third kappa shape index (κ3) is 3.81. The molecule has 0 aromatic heterocycles. The molecule has 76 valence electrons. The number of carbonyl (C=O) groups is 1.